The second kappa shape index (κ2) is 4.78. The molecule has 3 heteroatoms. The molecule has 1 rings (SSSR count). The Morgan fingerprint density at radius 2 is 2.00 bits per heavy atom. The maximum absolute atomic E-state index is 11.2. The van der Waals surface area contributed by atoms with E-state index >= 15 is 0 Å². The molecule has 0 aliphatic carbocycles. The van der Waals surface area contributed by atoms with Crippen molar-refractivity contribution in [3.05, 3.63) is 0 Å². The van der Waals surface area contributed by atoms with Crippen LogP contribution in [0, 0.1) is 5.92 Å². The summed E-state index contributed by atoms with van der Waals surface area (Å²) < 4.78 is 5.46. The minimum absolute atomic E-state index is 0.0893. The summed E-state index contributed by atoms with van der Waals surface area (Å²) in [6.07, 6.45) is 2.67. The lowest BCUT2D eigenvalue weighted by Gasteiger charge is -2.36. The summed E-state index contributed by atoms with van der Waals surface area (Å²) in [6, 6.07) is 0. The van der Waals surface area contributed by atoms with Crippen molar-refractivity contribution in [2.75, 3.05) is 13.1 Å². The van der Waals surface area contributed by atoms with E-state index in [0.29, 0.717) is 12.3 Å². The topological polar surface area (TPSA) is 38.3 Å². The molecule has 0 aromatic carbocycles. The Bertz CT molecular complexity index is 195. The number of ether oxygens (including phenoxy) is 1. The molecule has 0 radical (unpaired) electrons. The zero-order chi connectivity index (χ0) is 10.6. The SMILES string of the molecule is CCC(=O)OC(C)(C)C1CCNCC1. The predicted octanol–water partition coefficient (Wildman–Crippen LogP) is 1.72. The molecule has 1 fully saturated rings. The van der Waals surface area contributed by atoms with Crippen LogP contribution >= 0.6 is 0 Å². The van der Waals surface area contributed by atoms with Crippen molar-refractivity contribution < 1.29 is 9.53 Å². The third-order valence-corrected chi connectivity index (χ3v) is 2.99. The standard InChI is InChI=1S/C11H21NO2/c1-4-10(13)14-11(2,3)9-5-7-12-8-6-9/h9,12H,4-8H2,1-3H3. The lowest BCUT2D eigenvalue weighted by molar-refractivity contribution is -0.162. The highest BCUT2D eigenvalue weighted by molar-refractivity contribution is 5.69. The molecule has 1 aliphatic heterocycles. The van der Waals surface area contributed by atoms with Gasteiger partial charge >= 0.3 is 5.97 Å². The Labute approximate surface area is 86.2 Å². The molecule has 14 heavy (non-hydrogen) atoms. The van der Waals surface area contributed by atoms with Gasteiger partial charge in [-0.1, -0.05) is 6.92 Å². The van der Waals surface area contributed by atoms with Gasteiger partial charge in [0.05, 0.1) is 0 Å². The minimum Gasteiger partial charge on any atom is -0.459 e. The normalized spacial score (nSPS) is 19.4. The molecular formula is C11H21NO2. The maximum Gasteiger partial charge on any atom is 0.306 e. The van der Waals surface area contributed by atoms with Gasteiger partial charge in [0, 0.05) is 12.3 Å². The van der Waals surface area contributed by atoms with Crippen LogP contribution in [0.1, 0.15) is 40.0 Å². The van der Waals surface area contributed by atoms with Gasteiger partial charge in [-0.05, 0) is 39.8 Å². The molecule has 0 unspecified atom stereocenters. The molecule has 1 saturated heterocycles. The van der Waals surface area contributed by atoms with Crippen LogP contribution in [0.5, 0.6) is 0 Å². The molecule has 1 N–H and O–H groups in total. The molecule has 0 bridgehead atoms. The smallest absolute Gasteiger partial charge is 0.306 e. The lowest BCUT2D eigenvalue weighted by atomic mass is 9.83. The minimum atomic E-state index is -0.296. The molecule has 1 aliphatic rings. The Kier molecular flexibility index (Phi) is 3.93. The van der Waals surface area contributed by atoms with Gasteiger partial charge in [0.25, 0.3) is 0 Å². The van der Waals surface area contributed by atoms with Gasteiger partial charge < -0.3 is 10.1 Å². The summed E-state index contributed by atoms with van der Waals surface area (Å²) in [6.45, 7) is 7.96. The monoisotopic (exact) mass is 199 g/mol. The van der Waals surface area contributed by atoms with E-state index in [0.717, 1.165) is 25.9 Å². The molecule has 0 spiro atoms. The Morgan fingerprint density at radius 3 is 2.50 bits per heavy atom. The number of hydrogen-bond donors (Lipinski definition) is 1. The fourth-order valence-electron chi connectivity index (χ4n) is 1.97. The summed E-state index contributed by atoms with van der Waals surface area (Å²) in [7, 11) is 0. The second-order valence-electron chi connectivity index (χ2n) is 4.46. The van der Waals surface area contributed by atoms with Crippen molar-refractivity contribution in [1.82, 2.24) is 5.32 Å². The largest absolute Gasteiger partial charge is 0.459 e. The van der Waals surface area contributed by atoms with E-state index in [1.54, 1.807) is 0 Å². The summed E-state index contributed by atoms with van der Waals surface area (Å²) >= 11 is 0. The van der Waals surface area contributed by atoms with Gasteiger partial charge in [-0.2, -0.15) is 0 Å². The van der Waals surface area contributed by atoms with Crippen LogP contribution in [0.25, 0.3) is 0 Å². The van der Waals surface area contributed by atoms with Crippen LogP contribution in [0.4, 0.5) is 0 Å². The van der Waals surface area contributed by atoms with Crippen molar-refractivity contribution >= 4 is 5.97 Å². The van der Waals surface area contributed by atoms with Gasteiger partial charge in [-0.3, -0.25) is 4.79 Å². The first-order valence-corrected chi connectivity index (χ1v) is 5.49. The van der Waals surface area contributed by atoms with Gasteiger partial charge in [0.1, 0.15) is 5.60 Å². The number of carbonyl (C=O) groups excluding carboxylic acids is 1. The number of carbonyl (C=O) groups is 1. The lowest BCUT2D eigenvalue weighted by Crippen LogP contribution is -2.42. The number of rotatable bonds is 3. The molecule has 0 aromatic heterocycles. The molecule has 0 aromatic rings. The Morgan fingerprint density at radius 1 is 1.43 bits per heavy atom. The average molecular weight is 199 g/mol. The Balaban J connectivity index is 2.49. The highest BCUT2D eigenvalue weighted by atomic mass is 16.6. The summed E-state index contributed by atoms with van der Waals surface area (Å²) in [4.78, 5) is 11.2. The number of esters is 1. The molecular weight excluding hydrogens is 178 g/mol. The van der Waals surface area contributed by atoms with Crippen LogP contribution in [0.2, 0.25) is 0 Å². The fourth-order valence-corrected chi connectivity index (χ4v) is 1.97. The van der Waals surface area contributed by atoms with E-state index in [9.17, 15) is 4.79 Å². The highest BCUT2D eigenvalue weighted by Gasteiger charge is 2.33. The van der Waals surface area contributed by atoms with Crippen LogP contribution in [-0.2, 0) is 9.53 Å². The third kappa shape index (κ3) is 2.98. The first-order chi connectivity index (χ1) is 6.56. The molecule has 0 saturated carbocycles. The maximum atomic E-state index is 11.2. The van der Waals surface area contributed by atoms with Crippen molar-refractivity contribution in [3.63, 3.8) is 0 Å². The average Bonchev–Trinajstić information content (AvgIpc) is 2.18. The van der Waals surface area contributed by atoms with Crippen LogP contribution in [0.3, 0.4) is 0 Å². The van der Waals surface area contributed by atoms with E-state index in [4.69, 9.17) is 4.74 Å². The van der Waals surface area contributed by atoms with E-state index in [2.05, 4.69) is 5.32 Å². The van der Waals surface area contributed by atoms with E-state index in [1.807, 2.05) is 20.8 Å². The van der Waals surface area contributed by atoms with Gasteiger partial charge in [-0.15, -0.1) is 0 Å². The summed E-state index contributed by atoms with van der Waals surface area (Å²) in [5, 5.41) is 3.31. The van der Waals surface area contributed by atoms with E-state index in [-0.39, 0.29) is 11.6 Å². The molecule has 0 atom stereocenters. The molecule has 82 valence electrons. The van der Waals surface area contributed by atoms with E-state index in [1.165, 1.54) is 0 Å². The molecule has 1 heterocycles. The van der Waals surface area contributed by atoms with Gasteiger partial charge in [0.15, 0.2) is 0 Å². The highest BCUT2D eigenvalue weighted by Crippen LogP contribution is 2.29. The number of piperidine rings is 1. The molecule has 3 nitrogen and oxygen atoms in total. The van der Waals surface area contributed by atoms with Crippen LogP contribution in [-0.4, -0.2) is 24.7 Å². The van der Waals surface area contributed by atoms with Crippen LogP contribution in [0.15, 0.2) is 0 Å². The first-order valence-electron chi connectivity index (χ1n) is 5.49. The first kappa shape index (κ1) is 11.5. The van der Waals surface area contributed by atoms with Crippen LogP contribution < -0.4 is 5.32 Å². The van der Waals surface area contributed by atoms with Gasteiger partial charge in [0.2, 0.25) is 0 Å². The molecule has 0 amide bonds. The fraction of sp³-hybridized carbons (Fsp3) is 0.909. The quantitative estimate of drug-likeness (QED) is 0.703. The van der Waals surface area contributed by atoms with Crippen molar-refractivity contribution in [2.45, 2.75) is 45.6 Å². The van der Waals surface area contributed by atoms with Gasteiger partial charge in [-0.25, -0.2) is 0 Å². The number of nitrogens with one attached hydrogen (secondary N) is 1. The van der Waals surface area contributed by atoms with Crippen molar-refractivity contribution in [2.24, 2.45) is 5.92 Å². The zero-order valence-corrected chi connectivity index (χ0v) is 9.43. The second-order valence-corrected chi connectivity index (χ2v) is 4.46. The van der Waals surface area contributed by atoms with E-state index < -0.39 is 0 Å². The summed E-state index contributed by atoms with van der Waals surface area (Å²) in [5.74, 6) is 0.410. The zero-order valence-electron chi connectivity index (χ0n) is 9.43. The van der Waals surface area contributed by atoms with Crippen molar-refractivity contribution in [3.8, 4) is 0 Å². The summed E-state index contributed by atoms with van der Waals surface area (Å²) in [5.41, 5.74) is -0.296. The Hall–Kier alpha value is -0.570. The number of hydrogen-bond acceptors (Lipinski definition) is 3. The van der Waals surface area contributed by atoms with Crippen molar-refractivity contribution in [1.29, 1.82) is 0 Å². The predicted molar refractivity (Wildman–Crippen MR) is 56.1 cm³/mol. The third-order valence-electron chi connectivity index (χ3n) is 2.99.